The van der Waals surface area contributed by atoms with Crippen LogP contribution in [0.2, 0.25) is 0 Å². The smallest absolute Gasteiger partial charge is 0.261 e. The van der Waals surface area contributed by atoms with Crippen LogP contribution in [0.25, 0.3) is 0 Å². The van der Waals surface area contributed by atoms with E-state index in [1.807, 2.05) is 0 Å². The summed E-state index contributed by atoms with van der Waals surface area (Å²) >= 11 is 0. The van der Waals surface area contributed by atoms with Gasteiger partial charge in [0.2, 0.25) is 0 Å². The molecule has 1 rings (SSSR count). The minimum absolute atomic E-state index is 0.102. The number of hydrogen-bond donors (Lipinski definition) is 0. The van der Waals surface area contributed by atoms with Crippen LogP contribution in [0.5, 0.6) is 0 Å². The predicted octanol–water partition coefficient (Wildman–Crippen LogP) is 2.49. The van der Waals surface area contributed by atoms with E-state index in [4.69, 9.17) is 0 Å². The van der Waals surface area contributed by atoms with Gasteiger partial charge in [0.25, 0.3) is 0 Å². The highest BCUT2D eigenvalue weighted by atomic mass is 19.4. The quantitative estimate of drug-likeness (QED) is 0.639. The van der Waals surface area contributed by atoms with E-state index < -0.39 is 12.6 Å². The van der Waals surface area contributed by atoms with Crippen LogP contribution in [-0.4, -0.2) is 11.2 Å². The molecule has 0 spiro atoms. The first kappa shape index (κ1) is 9.03. The molecule has 12 heavy (non-hydrogen) atoms. The average Bonchev–Trinajstić information content (AvgIpc) is 1.91. The third-order valence-corrected chi connectivity index (χ3v) is 1.49. The van der Waals surface area contributed by atoms with Crippen LogP contribution in [0, 0.1) is 6.92 Å². The molecule has 0 unspecified atom stereocenters. The molecule has 0 fully saturated rings. The molecule has 66 valence electrons. The van der Waals surface area contributed by atoms with Crippen LogP contribution in [0.4, 0.5) is 13.2 Å². The fourth-order valence-electron chi connectivity index (χ4n) is 0.893. The van der Waals surface area contributed by atoms with E-state index in [1.54, 1.807) is 19.1 Å². The Labute approximate surface area is 68.2 Å². The SMILES string of the molecule is Cc1cccnc1CC(F)(F)F. The Morgan fingerprint density at radius 3 is 2.58 bits per heavy atom. The summed E-state index contributed by atoms with van der Waals surface area (Å²) < 4.78 is 35.6. The van der Waals surface area contributed by atoms with Crippen molar-refractivity contribution in [2.75, 3.05) is 0 Å². The number of rotatable bonds is 1. The normalized spacial score (nSPS) is 11.7. The van der Waals surface area contributed by atoms with Crippen molar-refractivity contribution in [1.29, 1.82) is 0 Å². The van der Waals surface area contributed by atoms with Gasteiger partial charge in [-0.1, -0.05) is 6.07 Å². The Kier molecular flexibility index (Phi) is 2.35. The highest BCUT2D eigenvalue weighted by Gasteiger charge is 2.28. The molecule has 0 bridgehead atoms. The molecule has 4 heteroatoms. The summed E-state index contributed by atoms with van der Waals surface area (Å²) in [6.07, 6.45) is -3.74. The summed E-state index contributed by atoms with van der Waals surface area (Å²) in [4.78, 5) is 3.64. The fraction of sp³-hybridized carbons (Fsp3) is 0.375. The van der Waals surface area contributed by atoms with Crippen molar-refractivity contribution in [3.8, 4) is 0 Å². The van der Waals surface area contributed by atoms with E-state index in [0.717, 1.165) is 0 Å². The van der Waals surface area contributed by atoms with Crippen molar-refractivity contribution in [3.63, 3.8) is 0 Å². The summed E-state index contributed by atoms with van der Waals surface area (Å²) in [6, 6.07) is 3.24. The zero-order valence-corrected chi connectivity index (χ0v) is 6.52. The van der Waals surface area contributed by atoms with E-state index in [0.29, 0.717) is 5.56 Å². The summed E-state index contributed by atoms with van der Waals surface area (Å²) in [5.41, 5.74) is 0.680. The maximum absolute atomic E-state index is 11.9. The minimum Gasteiger partial charge on any atom is -0.261 e. The fourth-order valence-corrected chi connectivity index (χ4v) is 0.893. The first-order valence-electron chi connectivity index (χ1n) is 3.46. The second kappa shape index (κ2) is 3.13. The molecule has 0 N–H and O–H groups in total. The van der Waals surface area contributed by atoms with Gasteiger partial charge in [0, 0.05) is 6.20 Å². The van der Waals surface area contributed by atoms with Gasteiger partial charge < -0.3 is 0 Å². The van der Waals surface area contributed by atoms with Gasteiger partial charge in [0.1, 0.15) is 0 Å². The molecule has 0 radical (unpaired) electrons. The molecule has 0 atom stereocenters. The molecule has 0 aromatic carbocycles. The zero-order chi connectivity index (χ0) is 9.19. The molecule has 1 aromatic heterocycles. The third kappa shape index (κ3) is 2.53. The van der Waals surface area contributed by atoms with E-state index in [2.05, 4.69) is 4.98 Å². The first-order chi connectivity index (χ1) is 5.49. The monoisotopic (exact) mass is 175 g/mol. The Hall–Kier alpha value is -1.06. The molecular weight excluding hydrogens is 167 g/mol. The van der Waals surface area contributed by atoms with Crippen molar-refractivity contribution >= 4 is 0 Å². The number of alkyl halides is 3. The van der Waals surface area contributed by atoms with Gasteiger partial charge in [-0.2, -0.15) is 13.2 Å². The number of halogens is 3. The lowest BCUT2D eigenvalue weighted by molar-refractivity contribution is -0.127. The van der Waals surface area contributed by atoms with Gasteiger partial charge in [-0.05, 0) is 18.6 Å². The zero-order valence-electron chi connectivity index (χ0n) is 6.52. The maximum atomic E-state index is 11.9. The van der Waals surface area contributed by atoms with Crippen LogP contribution in [0.3, 0.4) is 0 Å². The van der Waals surface area contributed by atoms with E-state index in [1.165, 1.54) is 6.20 Å². The standard InChI is InChI=1S/C8H8F3N/c1-6-3-2-4-12-7(6)5-8(9,10)11/h2-4H,5H2,1H3. The van der Waals surface area contributed by atoms with E-state index in [9.17, 15) is 13.2 Å². The number of nitrogens with zero attached hydrogens (tertiary/aromatic N) is 1. The van der Waals surface area contributed by atoms with Gasteiger partial charge in [-0.15, -0.1) is 0 Å². The number of pyridine rings is 1. The average molecular weight is 175 g/mol. The van der Waals surface area contributed by atoms with E-state index in [-0.39, 0.29) is 5.69 Å². The van der Waals surface area contributed by atoms with Crippen molar-refractivity contribution in [1.82, 2.24) is 4.98 Å². The molecule has 1 nitrogen and oxygen atoms in total. The van der Waals surface area contributed by atoms with Crippen LogP contribution < -0.4 is 0 Å². The summed E-state index contributed by atoms with van der Waals surface area (Å²) in [6.45, 7) is 1.62. The van der Waals surface area contributed by atoms with Crippen LogP contribution >= 0.6 is 0 Å². The Bertz CT molecular complexity index is 267. The molecule has 1 heterocycles. The second-order valence-electron chi connectivity index (χ2n) is 2.56. The lowest BCUT2D eigenvalue weighted by Crippen LogP contribution is -2.13. The van der Waals surface area contributed by atoms with Crippen molar-refractivity contribution < 1.29 is 13.2 Å². The molecule has 1 aromatic rings. The predicted molar refractivity (Wildman–Crippen MR) is 38.7 cm³/mol. The second-order valence-corrected chi connectivity index (χ2v) is 2.56. The Morgan fingerprint density at radius 1 is 1.42 bits per heavy atom. The Morgan fingerprint density at radius 2 is 2.08 bits per heavy atom. The van der Waals surface area contributed by atoms with E-state index >= 15 is 0 Å². The molecule has 0 aliphatic rings. The largest absolute Gasteiger partial charge is 0.394 e. The Balaban J connectivity index is 2.83. The number of aryl methyl sites for hydroxylation is 1. The van der Waals surface area contributed by atoms with Crippen molar-refractivity contribution in [3.05, 3.63) is 29.6 Å². The first-order valence-corrected chi connectivity index (χ1v) is 3.46. The summed E-state index contributed by atoms with van der Waals surface area (Å²) in [5, 5.41) is 0. The lowest BCUT2D eigenvalue weighted by Gasteiger charge is -2.06. The van der Waals surface area contributed by atoms with Crippen molar-refractivity contribution in [2.45, 2.75) is 19.5 Å². The van der Waals surface area contributed by atoms with Crippen LogP contribution in [-0.2, 0) is 6.42 Å². The van der Waals surface area contributed by atoms with Gasteiger partial charge in [0.05, 0.1) is 12.1 Å². The molecule has 0 saturated carbocycles. The summed E-state index contributed by atoms with van der Waals surface area (Å²) in [5.74, 6) is 0. The van der Waals surface area contributed by atoms with Crippen LogP contribution in [0.1, 0.15) is 11.3 Å². The molecule has 0 amide bonds. The number of hydrogen-bond acceptors (Lipinski definition) is 1. The van der Waals surface area contributed by atoms with Gasteiger partial charge in [0.15, 0.2) is 0 Å². The highest BCUT2D eigenvalue weighted by molar-refractivity contribution is 5.18. The molecular formula is C8H8F3N. The maximum Gasteiger partial charge on any atom is 0.394 e. The van der Waals surface area contributed by atoms with Gasteiger partial charge in [-0.25, -0.2) is 0 Å². The number of aromatic nitrogens is 1. The van der Waals surface area contributed by atoms with Gasteiger partial charge in [-0.3, -0.25) is 4.98 Å². The third-order valence-electron chi connectivity index (χ3n) is 1.49. The van der Waals surface area contributed by atoms with Gasteiger partial charge >= 0.3 is 6.18 Å². The highest BCUT2D eigenvalue weighted by Crippen LogP contribution is 2.21. The topological polar surface area (TPSA) is 12.9 Å². The summed E-state index contributed by atoms with van der Waals surface area (Å²) in [7, 11) is 0. The van der Waals surface area contributed by atoms with Crippen molar-refractivity contribution in [2.24, 2.45) is 0 Å². The van der Waals surface area contributed by atoms with Crippen LogP contribution in [0.15, 0.2) is 18.3 Å². The molecule has 0 saturated heterocycles. The minimum atomic E-state index is -4.17. The molecule has 0 aliphatic heterocycles. The molecule has 0 aliphatic carbocycles. The lowest BCUT2D eigenvalue weighted by atomic mass is 10.2.